The molecule has 1 amide bonds. The number of aryl methyl sites for hydroxylation is 1. The molecule has 4 nitrogen and oxygen atoms in total. The maximum Gasteiger partial charge on any atom is 0.251 e. The van der Waals surface area contributed by atoms with Gasteiger partial charge in [-0.25, -0.2) is 0 Å². The van der Waals surface area contributed by atoms with Crippen molar-refractivity contribution in [2.75, 3.05) is 5.32 Å². The summed E-state index contributed by atoms with van der Waals surface area (Å²) >= 11 is 0. The van der Waals surface area contributed by atoms with E-state index in [0.717, 1.165) is 35.9 Å². The van der Waals surface area contributed by atoms with Crippen molar-refractivity contribution in [3.8, 4) is 0 Å². The molecule has 1 aromatic carbocycles. The zero-order chi connectivity index (χ0) is 13.4. The molecule has 2 N–H and O–H groups in total. The number of hydrogen-bond acceptors (Lipinski definition) is 2. The molecule has 1 aromatic heterocycles. The Morgan fingerprint density at radius 2 is 2.11 bits per heavy atom. The summed E-state index contributed by atoms with van der Waals surface area (Å²) in [5.74, 6) is 0.243. The van der Waals surface area contributed by atoms with Crippen LogP contribution in [-0.2, 0) is 4.79 Å². The number of aromatic amines is 1. The van der Waals surface area contributed by atoms with Crippen LogP contribution in [0.3, 0.4) is 0 Å². The summed E-state index contributed by atoms with van der Waals surface area (Å²) in [5, 5.41) is 3.88. The fourth-order valence-corrected chi connectivity index (χ4v) is 2.30. The van der Waals surface area contributed by atoms with Gasteiger partial charge >= 0.3 is 0 Å². The first-order valence-corrected chi connectivity index (χ1v) is 6.58. The molecular formula is C15H16N2O2. The molecule has 0 atom stereocenters. The van der Waals surface area contributed by atoms with E-state index in [1.165, 1.54) is 0 Å². The number of hydrogen-bond donors (Lipinski definition) is 2. The van der Waals surface area contributed by atoms with Gasteiger partial charge in [0.05, 0.1) is 5.52 Å². The first kappa shape index (κ1) is 12.0. The Balaban J connectivity index is 1.90. The molecule has 0 saturated heterocycles. The minimum atomic E-state index is -0.0880. The van der Waals surface area contributed by atoms with Crippen LogP contribution in [-0.4, -0.2) is 10.9 Å². The maximum atomic E-state index is 11.9. The first-order chi connectivity index (χ1) is 9.13. The Kier molecular flexibility index (Phi) is 2.85. The quantitative estimate of drug-likeness (QED) is 0.867. The second kappa shape index (κ2) is 4.53. The van der Waals surface area contributed by atoms with Crippen LogP contribution in [0.5, 0.6) is 0 Å². The summed E-state index contributed by atoms with van der Waals surface area (Å²) in [7, 11) is 0. The van der Waals surface area contributed by atoms with Crippen LogP contribution in [0.1, 0.15) is 24.8 Å². The molecular weight excluding hydrogens is 240 g/mol. The maximum absolute atomic E-state index is 11.9. The summed E-state index contributed by atoms with van der Waals surface area (Å²) in [5.41, 5.74) is 2.10. The van der Waals surface area contributed by atoms with E-state index in [2.05, 4.69) is 10.3 Å². The van der Waals surface area contributed by atoms with Crippen LogP contribution in [0.25, 0.3) is 10.9 Å². The average molecular weight is 256 g/mol. The Labute approximate surface area is 110 Å². The first-order valence-electron chi connectivity index (χ1n) is 6.58. The Bertz CT molecular complexity index is 699. The zero-order valence-corrected chi connectivity index (χ0v) is 10.8. The normalized spacial score (nSPS) is 15.2. The number of anilines is 1. The Hall–Kier alpha value is -2.10. The molecule has 4 heteroatoms. The highest BCUT2D eigenvalue weighted by molar-refractivity contribution is 5.95. The van der Waals surface area contributed by atoms with Gasteiger partial charge in [0.2, 0.25) is 5.91 Å². The van der Waals surface area contributed by atoms with Gasteiger partial charge in [-0.2, -0.15) is 0 Å². The average Bonchev–Trinajstić information content (AvgIpc) is 2.28. The summed E-state index contributed by atoms with van der Waals surface area (Å²) < 4.78 is 0. The SMILES string of the molecule is Cc1cc2ccc(NC(=O)C3CCC3)cc2[nH]c1=O. The van der Waals surface area contributed by atoms with Crippen molar-refractivity contribution < 1.29 is 4.79 Å². The highest BCUT2D eigenvalue weighted by Gasteiger charge is 2.25. The van der Waals surface area contributed by atoms with Crippen LogP contribution in [0.4, 0.5) is 5.69 Å². The van der Waals surface area contributed by atoms with Crippen LogP contribution >= 0.6 is 0 Å². The fourth-order valence-electron chi connectivity index (χ4n) is 2.30. The Morgan fingerprint density at radius 1 is 1.32 bits per heavy atom. The number of pyridine rings is 1. The van der Waals surface area contributed by atoms with Crippen molar-refractivity contribution in [1.29, 1.82) is 0 Å². The highest BCUT2D eigenvalue weighted by Crippen LogP contribution is 2.28. The van der Waals surface area contributed by atoms with E-state index >= 15 is 0 Å². The minimum absolute atomic E-state index is 0.0834. The van der Waals surface area contributed by atoms with Crippen molar-refractivity contribution in [1.82, 2.24) is 4.98 Å². The number of carbonyl (C=O) groups is 1. The van der Waals surface area contributed by atoms with Gasteiger partial charge in [0.25, 0.3) is 5.56 Å². The number of carbonyl (C=O) groups excluding carboxylic acids is 1. The van der Waals surface area contributed by atoms with Gasteiger partial charge in [-0.3, -0.25) is 9.59 Å². The third kappa shape index (κ3) is 2.26. The van der Waals surface area contributed by atoms with Crippen LogP contribution in [0.2, 0.25) is 0 Å². The number of fused-ring (bicyclic) bond motifs is 1. The van der Waals surface area contributed by atoms with E-state index in [-0.39, 0.29) is 17.4 Å². The van der Waals surface area contributed by atoms with Crippen LogP contribution in [0, 0.1) is 12.8 Å². The smallest absolute Gasteiger partial charge is 0.251 e. The van der Waals surface area contributed by atoms with Crippen LogP contribution < -0.4 is 10.9 Å². The lowest BCUT2D eigenvalue weighted by molar-refractivity contribution is -0.122. The molecule has 3 rings (SSSR count). The summed E-state index contributed by atoms with van der Waals surface area (Å²) in [4.78, 5) is 26.3. The third-order valence-corrected chi connectivity index (χ3v) is 3.78. The second-order valence-electron chi connectivity index (χ2n) is 5.20. The molecule has 0 radical (unpaired) electrons. The second-order valence-corrected chi connectivity index (χ2v) is 5.20. The molecule has 1 aliphatic rings. The van der Waals surface area contributed by atoms with Gasteiger partial charge in [0.1, 0.15) is 0 Å². The number of H-pyrrole nitrogens is 1. The van der Waals surface area contributed by atoms with Crippen molar-refractivity contribution in [3.05, 3.63) is 40.2 Å². The lowest BCUT2D eigenvalue weighted by atomic mass is 9.85. The van der Waals surface area contributed by atoms with Gasteiger partial charge in [-0.15, -0.1) is 0 Å². The van der Waals surface area contributed by atoms with Gasteiger partial charge in [0, 0.05) is 17.2 Å². The number of rotatable bonds is 2. The molecule has 1 aliphatic carbocycles. The number of benzene rings is 1. The summed E-state index contributed by atoms with van der Waals surface area (Å²) in [6, 6.07) is 7.45. The minimum Gasteiger partial charge on any atom is -0.326 e. The summed E-state index contributed by atoms with van der Waals surface area (Å²) in [6.07, 6.45) is 3.10. The monoisotopic (exact) mass is 256 g/mol. The van der Waals surface area contributed by atoms with E-state index in [9.17, 15) is 9.59 Å². The van der Waals surface area contributed by atoms with E-state index in [1.807, 2.05) is 24.3 Å². The largest absolute Gasteiger partial charge is 0.326 e. The Morgan fingerprint density at radius 3 is 2.79 bits per heavy atom. The number of amides is 1. The lowest BCUT2D eigenvalue weighted by Gasteiger charge is -2.24. The molecule has 2 aromatic rings. The predicted molar refractivity (Wildman–Crippen MR) is 75.3 cm³/mol. The van der Waals surface area contributed by atoms with Gasteiger partial charge in [-0.1, -0.05) is 12.5 Å². The van der Waals surface area contributed by atoms with E-state index in [4.69, 9.17) is 0 Å². The molecule has 98 valence electrons. The van der Waals surface area contributed by atoms with E-state index in [1.54, 1.807) is 6.92 Å². The van der Waals surface area contributed by atoms with Crippen LogP contribution in [0.15, 0.2) is 29.1 Å². The van der Waals surface area contributed by atoms with Crippen molar-refractivity contribution >= 4 is 22.5 Å². The molecule has 0 spiro atoms. The molecule has 0 unspecified atom stereocenters. The number of aromatic nitrogens is 1. The molecule has 1 fully saturated rings. The van der Waals surface area contributed by atoms with Crippen molar-refractivity contribution in [2.45, 2.75) is 26.2 Å². The summed E-state index contributed by atoms with van der Waals surface area (Å²) in [6.45, 7) is 1.78. The van der Waals surface area contributed by atoms with Gasteiger partial charge in [0.15, 0.2) is 0 Å². The predicted octanol–water partition coefficient (Wildman–Crippen LogP) is 2.58. The zero-order valence-electron chi connectivity index (χ0n) is 10.8. The highest BCUT2D eigenvalue weighted by atomic mass is 16.2. The van der Waals surface area contributed by atoms with Crippen molar-refractivity contribution in [3.63, 3.8) is 0 Å². The fraction of sp³-hybridized carbons (Fsp3) is 0.333. The molecule has 0 aliphatic heterocycles. The lowest BCUT2D eigenvalue weighted by Crippen LogP contribution is -2.28. The molecule has 1 saturated carbocycles. The standard InChI is InChI=1S/C15H16N2O2/c1-9-7-11-5-6-12(8-13(11)17-14(9)18)16-15(19)10-3-2-4-10/h5-8,10H,2-4H2,1H3,(H,16,19)(H,17,18). The van der Waals surface area contributed by atoms with E-state index < -0.39 is 0 Å². The van der Waals surface area contributed by atoms with E-state index in [0.29, 0.717) is 5.56 Å². The topological polar surface area (TPSA) is 62.0 Å². The molecule has 1 heterocycles. The third-order valence-electron chi connectivity index (χ3n) is 3.78. The van der Waals surface area contributed by atoms with Gasteiger partial charge < -0.3 is 10.3 Å². The van der Waals surface area contributed by atoms with Crippen molar-refractivity contribution in [2.24, 2.45) is 5.92 Å². The molecule has 0 bridgehead atoms. The number of nitrogens with one attached hydrogen (secondary N) is 2. The van der Waals surface area contributed by atoms with Gasteiger partial charge in [-0.05, 0) is 43.4 Å². The molecule has 19 heavy (non-hydrogen) atoms.